The van der Waals surface area contributed by atoms with Gasteiger partial charge in [-0.1, -0.05) is 25.4 Å². The Bertz CT molecular complexity index is 1120. The number of nitrogens with one attached hydrogen (secondary N) is 1. The second kappa shape index (κ2) is 6.91. The normalized spacial score (nSPS) is 15.7. The van der Waals surface area contributed by atoms with E-state index in [0.29, 0.717) is 34.6 Å². The second-order valence-electron chi connectivity index (χ2n) is 7.37. The van der Waals surface area contributed by atoms with Crippen LogP contribution in [0.4, 0.5) is 5.82 Å². The van der Waals surface area contributed by atoms with Crippen LogP contribution in [0.5, 0.6) is 0 Å². The van der Waals surface area contributed by atoms with E-state index in [1.165, 1.54) is 6.33 Å². The predicted octanol–water partition coefficient (Wildman–Crippen LogP) is 3.23. The smallest absolute Gasteiger partial charge is 0.190 e. The Morgan fingerprint density at radius 3 is 2.75 bits per heavy atom. The minimum atomic E-state index is -0.341. The number of carbonyl (C=O) groups is 1. The Labute approximate surface area is 167 Å². The number of benzene rings is 1. The minimum Gasteiger partial charge on any atom is -0.383 e. The minimum absolute atomic E-state index is 0.0398. The molecule has 0 radical (unpaired) electrons. The summed E-state index contributed by atoms with van der Waals surface area (Å²) in [5.74, 6) is 1.35. The van der Waals surface area contributed by atoms with E-state index >= 15 is 0 Å². The van der Waals surface area contributed by atoms with E-state index in [-0.39, 0.29) is 11.8 Å². The first-order valence-corrected chi connectivity index (χ1v) is 9.49. The van der Waals surface area contributed by atoms with Crippen molar-refractivity contribution in [3.8, 4) is 5.82 Å². The summed E-state index contributed by atoms with van der Waals surface area (Å²) >= 11 is 6.63. The average molecular weight is 397 g/mol. The molecule has 3 aromatic rings. The first-order chi connectivity index (χ1) is 13.4. The number of halogens is 1. The standard InChI is InChI=1S/C20H21ClN6O/c1-10(2)6-12-16(18(28)14-4-5-23-14)13(21)7-15-17(12)26-9-27(15)20-11(3)19(22)24-8-25-20/h4-5,7-10,14,23H,6H2,1-3H3,(H2,22,24,25). The van der Waals surface area contributed by atoms with E-state index in [2.05, 4.69) is 34.1 Å². The predicted molar refractivity (Wildman–Crippen MR) is 110 cm³/mol. The quantitative estimate of drug-likeness (QED) is 0.642. The molecule has 0 saturated heterocycles. The average Bonchev–Trinajstić information content (AvgIpc) is 2.98. The summed E-state index contributed by atoms with van der Waals surface area (Å²) in [7, 11) is 0. The highest BCUT2D eigenvalue weighted by Gasteiger charge is 2.28. The molecule has 28 heavy (non-hydrogen) atoms. The van der Waals surface area contributed by atoms with Crippen LogP contribution in [0.2, 0.25) is 5.02 Å². The molecule has 1 aliphatic heterocycles. The van der Waals surface area contributed by atoms with E-state index in [1.807, 2.05) is 17.6 Å². The summed E-state index contributed by atoms with van der Waals surface area (Å²) < 4.78 is 1.84. The molecule has 4 rings (SSSR count). The Morgan fingerprint density at radius 1 is 1.36 bits per heavy atom. The molecule has 0 bridgehead atoms. The van der Waals surface area contributed by atoms with Crippen LogP contribution < -0.4 is 11.1 Å². The van der Waals surface area contributed by atoms with Crippen molar-refractivity contribution >= 4 is 34.2 Å². The molecule has 7 nitrogen and oxygen atoms in total. The highest BCUT2D eigenvalue weighted by Crippen LogP contribution is 2.33. The first-order valence-electron chi connectivity index (χ1n) is 9.11. The van der Waals surface area contributed by atoms with Crippen LogP contribution in [-0.2, 0) is 6.42 Å². The topological polar surface area (TPSA) is 98.7 Å². The number of anilines is 1. The molecule has 0 fully saturated rings. The van der Waals surface area contributed by atoms with Crippen LogP contribution >= 0.6 is 11.6 Å². The molecule has 0 amide bonds. The van der Waals surface area contributed by atoms with Crippen molar-refractivity contribution in [2.45, 2.75) is 33.2 Å². The summed E-state index contributed by atoms with van der Waals surface area (Å²) in [5.41, 5.74) is 9.64. The van der Waals surface area contributed by atoms with Gasteiger partial charge in [0.2, 0.25) is 0 Å². The fourth-order valence-corrected chi connectivity index (χ4v) is 3.74. The van der Waals surface area contributed by atoms with E-state index < -0.39 is 0 Å². The lowest BCUT2D eigenvalue weighted by Crippen LogP contribution is -2.38. The summed E-state index contributed by atoms with van der Waals surface area (Å²) in [4.78, 5) is 26.0. The number of nitrogens with zero attached hydrogens (tertiary/aromatic N) is 4. The van der Waals surface area contributed by atoms with Crippen molar-refractivity contribution in [2.75, 3.05) is 5.73 Å². The lowest BCUT2D eigenvalue weighted by molar-refractivity contribution is 0.0961. The van der Waals surface area contributed by atoms with Gasteiger partial charge in [0.1, 0.15) is 30.3 Å². The van der Waals surface area contributed by atoms with E-state index in [4.69, 9.17) is 17.3 Å². The third kappa shape index (κ3) is 2.92. The highest BCUT2D eigenvalue weighted by atomic mass is 35.5. The summed E-state index contributed by atoms with van der Waals surface area (Å²) in [5, 5.41) is 3.41. The maximum atomic E-state index is 13.0. The van der Waals surface area contributed by atoms with Gasteiger partial charge >= 0.3 is 0 Å². The van der Waals surface area contributed by atoms with Crippen molar-refractivity contribution < 1.29 is 4.79 Å². The molecule has 2 aromatic heterocycles. The van der Waals surface area contributed by atoms with Crippen LogP contribution in [0, 0.1) is 12.8 Å². The van der Waals surface area contributed by atoms with Gasteiger partial charge in [-0.15, -0.1) is 0 Å². The molecule has 0 aliphatic carbocycles. The first kappa shape index (κ1) is 18.4. The number of fused-ring (bicyclic) bond motifs is 1. The van der Waals surface area contributed by atoms with E-state index in [0.717, 1.165) is 22.2 Å². The largest absolute Gasteiger partial charge is 0.383 e. The van der Waals surface area contributed by atoms with Gasteiger partial charge in [0.05, 0.1) is 16.1 Å². The zero-order chi connectivity index (χ0) is 20.0. The number of nitrogen functional groups attached to an aromatic ring is 1. The summed E-state index contributed by atoms with van der Waals surface area (Å²) in [6.45, 7) is 6.07. The van der Waals surface area contributed by atoms with Gasteiger partial charge in [0.25, 0.3) is 0 Å². The number of hydrogen-bond acceptors (Lipinski definition) is 6. The van der Waals surface area contributed by atoms with Crippen molar-refractivity contribution in [1.29, 1.82) is 0 Å². The highest BCUT2D eigenvalue weighted by molar-refractivity contribution is 6.35. The lowest BCUT2D eigenvalue weighted by Gasteiger charge is -2.22. The van der Waals surface area contributed by atoms with Crippen LogP contribution in [0.25, 0.3) is 16.9 Å². The molecule has 8 heteroatoms. The maximum Gasteiger partial charge on any atom is 0.190 e. The molecule has 144 valence electrons. The van der Waals surface area contributed by atoms with Gasteiger partial charge in [-0.25, -0.2) is 15.0 Å². The van der Waals surface area contributed by atoms with Crippen LogP contribution in [0.3, 0.4) is 0 Å². The van der Waals surface area contributed by atoms with Gasteiger partial charge in [-0.2, -0.15) is 0 Å². The van der Waals surface area contributed by atoms with Crippen molar-refractivity contribution in [2.24, 2.45) is 5.92 Å². The Hall–Kier alpha value is -2.93. The summed E-state index contributed by atoms with van der Waals surface area (Å²) in [6, 6.07) is 1.44. The van der Waals surface area contributed by atoms with Crippen LogP contribution in [-0.4, -0.2) is 31.3 Å². The number of ketones is 1. The number of hydrogen-bond donors (Lipinski definition) is 2. The zero-order valence-electron chi connectivity index (χ0n) is 15.9. The number of aromatic nitrogens is 4. The molecule has 3 N–H and O–H groups in total. The number of rotatable bonds is 5. The zero-order valence-corrected chi connectivity index (χ0v) is 16.7. The molecule has 3 heterocycles. The SMILES string of the molecule is Cc1c(N)ncnc1-n1cnc2c(CC(C)C)c(C(=O)C3C=CN3)c(Cl)cc21. The van der Waals surface area contributed by atoms with Gasteiger partial charge < -0.3 is 11.1 Å². The second-order valence-corrected chi connectivity index (χ2v) is 7.77. The monoisotopic (exact) mass is 396 g/mol. The molecule has 0 spiro atoms. The molecular formula is C20H21ClN6O. The van der Waals surface area contributed by atoms with Crippen LogP contribution in [0.1, 0.15) is 35.3 Å². The van der Waals surface area contributed by atoms with Gasteiger partial charge in [0, 0.05) is 11.1 Å². The van der Waals surface area contributed by atoms with Gasteiger partial charge in [-0.05, 0) is 43.2 Å². The Morgan fingerprint density at radius 2 is 2.11 bits per heavy atom. The Balaban J connectivity index is 1.96. The lowest BCUT2D eigenvalue weighted by atomic mass is 9.91. The Kier molecular flexibility index (Phi) is 4.55. The summed E-state index contributed by atoms with van der Waals surface area (Å²) in [6.07, 6.45) is 7.39. The molecule has 1 aliphatic rings. The number of carbonyl (C=O) groups excluding carboxylic acids is 1. The molecule has 1 unspecified atom stereocenters. The molecule has 0 saturated carbocycles. The third-order valence-corrected chi connectivity index (χ3v) is 5.22. The maximum absolute atomic E-state index is 13.0. The van der Waals surface area contributed by atoms with Gasteiger partial charge in [0.15, 0.2) is 5.78 Å². The fraction of sp³-hybridized carbons (Fsp3) is 0.300. The molecular weight excluding hydrogens is 376 g/mol. The fourth-order valence-electron chi connectivity index (χ4n) is 3.43. The number of imidazole rings is 1. The van der Waals surface area contributed by atoms with Crippen molar-refractivity contribution in [3.63, 3.8) is 0 Å². The van der Waals surface area contributed by atoms with E-state index in [1.54, 1.807) is 18.6 Å². The molecule has 1 atom stereocenters. The van der Waals surface area contributed by atoms with Crippen molar-refractivity contribution in [3.05, 3.63) is 52.7 Å². The number of nitrogens with two attached hydrogens (primary N) is 1. The molecule has 1 aromatic carbocycles. The third-order valence-electron chi connectivity index (χ3n) is 4.92. The van der Waals surface area contributed by atoms with Crippen molar-refractivity contribution in [1.82, 2.24) is 24.8 Å². The van der Waals surface area contributed by atoms with Gasteiger partial charge in [-0.3, -0.25) is 9.36 Å². The number of Topliss-reactive ketones (excluding diaryl/α,β-unsaturated/α-hetero) is 1. The van der Waals surface area contributed by atoms with E-state index in [9.17, 15) is 4.79 Å². The van der Waals surface area contributed by atoms with Crippen LogP contribution in [0.15, 0.2) is 31.0 Å².